The first kappa shape index (κ1) is 12.8. The van der Waals surface area contributed by atoms with E-state index in [2.05, 4.69) is 39.4 Å². The van der Waals surface area contributed by atoms with Crippen molar-refractivity contribution in [2.24, 2.45) is 4.99 Å². The van der Waals surface area contributed by atoms with Crippen LogP contribution in [0.4, 0.5) is 0 Å². The zero-order valence-corrected chi connectivity index (χ0v) is 10.9. The highest BCUT2D eigenvalue weighted by Gasteiger charge is 2.15. The maximum absolute atomic E-state index is 4.43. The van der Waals surface area contributed by atoms with E-state index in [0.29, 0.717) is 6.04 Å². The average Bonchev–Trinajstić information content (AvgIpc) is 2.86. The van der Waals surface area contributed by atoms with Crippen LogP contribution < -0.4 is 5.32 Å². The molecule has 0 bridgehead atoms. The second-order valence-electron chi connectivity index (χ2n) is 4.71. The molecule has 0 atom stereocenters. The molecular formula is C14H20N4. The van der Waals surface area contributed by atoms with Crippen LogP contribution in [-0.2, 0) is 0 Å². The highest BCUT2D eigenvalue weighted by Crippen LogP contribution is 2.19. The number of piperidine rings is 1. The van der Waals surface area contributed by atoms with E-state index in [1.165, 1.54) is 0 Å². The summed E-state index contributed by atoms with van der Waals surface area (Å²) in [6.07, 6.45) is 7.92. The quantitative estimate of drug-likeness (QED) is 0.826. The number of aliphatic imine (C=N–C) groups is 1. The number of nitrogens with one attached hydrogen (secondary N) is 1. The Hall–Kier alpha value is -1.68. The minimum Gasteiger partial charge on any atom is -0.317 e. The third-order valence-electron chi connectivity index (χ3n) is 3.10. The maximum atomic E-state index is 4.43. The Morgan fingerprint density at radius 2 is 2.22 bits per heavy atom. The molecule has 0 unspecified atom stereocenters. The van der Waals surface area contributed by atoms with Crippen molar-refractivity contribution in [3.8, 4) is 0 Å². The molecule has 96 valence electrons. The SMILES string of the molecule is C=C(C)N=CC(=C)c1cnn(C2CCNCC2)c1. The van der Waals surface area contributed by atoms with Crippen molar-refractivity contribution >= 4 is 11.8 Å². The van der Waals surface area contributed by atoms with Gasteiger partial charge in [-0.2, -0.15) is 5.10 Å². The largest absolute Gasteiger partial charge is 0.317 e. The molecule has 1 fully saturated rings. The number of allylic oxidation sites excluding steroid dienone is 2. The van der Waals surface area contributed by atoms with Crippen LogP contribution in [0.1, 0.15) is 31.4 Å². The fourth-order valence-corrected chi connectivity index (χ4v) is 2.04. The predicted octanol–water partition coefficient (Wildman–Crippen LogP) is 2.43. The summed E-state index contributed by atoms with van der Waals surface area (Å²) in [5.41, 5.74) is 2.68. The summed E-state index contributed by atoms with van der Waals surface area (Å²) in [6.45, 7) is 11.7. The zero-order chi connectivity index (χ0) is 13.0. The Labute approximate surface area is 108 Å². The van der Waals surface area contributed by atoms with Gasteiger partial charge in [0.25, 0.3) is 0 Å². The highest BCUT2D eigenvalue weighted by molar-refractivity contribution is 6.08. The van der Waals surface area contributed by atoms with Gasteiger partial charge < -0.3 is 5.32 Å². The molecule has 0 aromatic carbocycles. The summed E-state index contributed by atoms with van der Waals surface area (Å²) in [6, 6.07) is 0.505. The predicted molar refractivity (Wildman–Crippen MR) is 75.7 cm³/mol. The standard InChI is InChI=1S/C14H20N4/c1-11(2)16-8-12(3)13-9-17-18(10-13)14-4-6-15-7-5-14/h8-10,14-15H,1,3-7H2,2H3. The number of hydrogen-bond donors (Lipinski definition) is 1. The lowest BCUT2D eigenvalue weighted by Crippen LogP contribution is -2.29. The molecule has 4 nitrogen and oxygen atoms in total. The number of nitrogens with zero attached hydrogens (tertiary/aromatic N) is 3. The number of aromatic nitrogens is 2. The van der Waals surface area contributed by atoms with Gasteiger partial charge in [0.15, 0.2) is 0 Å². The summed E-state index contributed by atoms with van der Waals surface area (Å²) in [4.78, 5) is 4.16. The summed E-state index contributed by atoms with van der Waals surface area (Å²) in [5, 5.41) is 7.79. The molecule has 4 heteroatoms. The van der Waals surface area contributed by atoms with E-state index < -0.39 is 0 Å². The summed E-state index contributed by atoms with van der Waals surface area (Å²) < 4.78 is 2.05. The van der Waals surface area contributed by atoms with Gasteiger partial charge in [-0.15, -0.1) is 0 Å². The van der Waals surface area contributed by atoms with Crippen molar-refractivity contribution in [1.82, 2.24) is 15.1 Å². The lowest BCUT2D eigenvalue weighted by Gasteiger charge is -2.22. The topological polar surface area (TPSA) is 42.2 Å². The van der Waals surface area contributed by atoms with Gasteiger partial charge in [0.2, 0.25) is 0 Å². The molecule has 0 spiro atoms. The zero-order valence-electron chi connectivity index (χ0n) is 10.9. The Bertz CT molecular complexity index is 464. The number of hydrogen-bond acceptors (Lipinski definition) is 3. The molecule has 0 radical (unpaired) electrons. The van der Waals surface area contributed by atoms with Crippen LogP contribution in [-0.4, -0.2) is 29.1 Å². The van der Waals surface area contributed by atoms with Gasteiger partial charge in [0, 0.05) is 23.7 Å². The summed E-state index contributed by atoms with van der Waals surface area (Å²) in [7, 11) is 0. The molecule has 0 saturated carbocycles. The number of rotatable bonds is 4. The van der Waals surface area contributed by atoms with Crippen molar-refractivity contribution in [2.75, 3.05) is 13.1 Å². The lowest BCUT2D eigenvalue weighted by atomic mass is 10.1. The minimum absolute atomic E-state index is 0.505. The van der Waals surface area contributed by atoms with Crippen LogP contribution in [0.2, 0.25) is 0 Å². The Morgan fingerprint density at radius 3 is 2.89 bits per heavy atom. The van der Waals surface area contributed by atoms with Crippen molar-refractivity contribution in [1.29, 1.82) is 0 Å². The van der Waals surface area contributed by atoms with Crippen molar-refractivity contribution < 1.29 is 0 Å². The molecule has 0 aliphatic carbocycles. The first-order valence-electron chi connectivity index (χ1n) is 6.30. The van der Waals surface area contributed by atoms with Gasteiger partial charge in [-0.25, -0.2) is 0 Å². The van der Waals surface area contributed by atoms with E-state index in [-0.39, 0.29) is 0 Å². The van der Waals surface area contributed by atoms with Gasteiger partial charge in [0.1, 0.15) is 0 Å². The Balaban J connectivity index is 2.05. The maximum Gasteiger partial charge on any atom is 0.0568 e. The fourth-order valence-electron chi connectivity index (χ4n) is 2.04. The molecule has 1 N–H and O–H groups in total. The molecule has 18 heavy (non-hydrogen) atoms. The van der Waals surface area contributed by atoms with Gasteiger partial charge in [-0.1, -0.05) is 13.2 Å². The molecule has 2 rings (SSSR count). The van der Waals surface area contributed by atoms with Crippen LogP contribution in [0, 0.1) is 0 Å². The smallest absolute Gasteiger partial charge is 0.0568 e. The van der Waals surface area contributed by atoms with Gasteiger partial charge in [-0.3, -0.25) is 9.67 Å². The first-order valence-corrected chi connectivity index (χ1v) is 6.30. The summed E-state index contributed by atoms with van der Waals surface area (Å²) in [5.74, 6) is 0. The second-order valence-corrected chi connectivity index (χ2v) is 4.71. The Morgan fingerprint density at radius 1 is 1.50 bits per heavy atom. The summed E-state index contributed by atoms with van der Waals surface area (Å²) >= 11 is 0. The molecule has 2 heterocycles. The molecule has 1 aliphatic rings. The molecule has 1 saturated heterocycles. The van der Waals surface area contributed by atoms with Crippen molar-refractivity contribution in [3.63, 3.8) is 0 Å². The van der Waals surface area contributed by atoms with Crippen LogP contribution in [0.15, 0.2) is 36.2 Å². The van der Waals surface area contributed by atoms with Crippen molar-refractivity contribution in [3.05, 3.63) is 36.8 Å². The van der Waals surface area contributed by atoms with Crippen molar-refractivity contribution in [2.45, 2.75) is 25.8 Å². The Kier molecular flexibility index (Phi) is 4.10. The van der Waals surface area contributed by atoms with E-state index in [0.717, 1.165) is 42.8 Å². The van der Waals surface area contributed by atoms with E-state index in [1.807, 2.05) is 13.1 Å². The van der Waals surface area contributed by atoms with E-state index in [4.69, 9.17) is 0 Å². The second kappa shape index (κ2) is 5.78. The first-order chi connectivity index (χ1) is 8.66. The molecule has 0 amide bonds. The van der Waals surface area contributed by atoms with Crippen LogP contribution in [0.25, 0.3) is 5.57 Å². The van der Waals surface area contributed by atoms with Gasteiger partial charge in [-0.05, 0) is 38.4 Å². The lowest BCUT2D eigenvalue weighted by molar-refractivity contribution is 0.343. The van der Waals surface area contributed by atoms with Gasteiger partial charge in [0.05, 0.1) is 12.2 Å². The monoisotopic (exact) mass is 244 g/mol. The molecule has 1 aliphatic heterocycles. The van der Waals surface area contributed by atoms with Crippen LogP contribution in [0.5, 0.6) is 0 Å². The van der Waals surface area contributed by atoms with E-state index in [9.17, 15) is 0 Å². The molecule has 1 aromatic rings. The van der Waals surface area contributed by atoms with Crippen LogP contribution >= 0.6 is 0 Å². The third-order valence-corrected chi connectivity index (χ3v) is 3.10. The fraction of sp³-hybridized carbons (Fsp3) is 0.429. The third kappa shape index (κ3) is 3.17. The van der Waals surface area contributed by atoms with E-state index in [1.54, 1.807) is 6.21 Å². The normalized spacial score (nSPS) is 17.2. The molecule has 1 aromatic heterocycles. The van der Waals surface area contributed by atoms with E-state index >= 15 is 0 Å². The molecular weight excluding hydrogens is 224 g/mol. The minimum atomic E-state index is 0.505. The average molecular weight is 244 g/mol. The highest BCUT2D eigenvalue weighted by atomic mass is 15.3. The van der Waals surface area contributed by atoms with Crippen LogP contribution in [0.3, 0.4) is 0 Å². The van der Waals surface area contributed by atoms with Gasteiger partial charge >= 0.3 is 0 Å².